The van der Waals surface area contributed by atoms with Crippen molar-refractivity contribution < 1.29 is 17.9 Å². The molecule has 0 aliphatic rings. The molecule has 0 heterocycles. The van der Waals surface area contributed by atoms with Crippen molar-refractivity contribution >= 4 is 15.7 Å². The smallest absolute Gasteiger partial charge is 0.267 e. The number of phenolic OH excluding ortho intramolecular Hbond substituents is 1. The van der Waals surface area contributed by atoms with Crippen molar-refractivity contribution in [2.75, 3.05) is 10.8 Å². The number of nitrogens with zero attached hydrogens (tertiary/aromatic N) is 1. The first kappa shape index (κ1) is 14.3. The van der Waals surface area contributed by atoms with Crippen LogP contribution >= 0.6 is 0 Å². The van der Waals surface area contributed by atoms with Gasteiger partial charge in [0.25, 0.3) is 10.0 Å². The molecule has 0 atom stereocenters. The minimum Gasteiger partial charge on any atom is -0.508 e. The molecule has 0 bridgehead atoms. The maximum absolute atomic E-state index is 13.7. The highest BCUT2D eigenvalue weighted by molar-refractivity contribution is 7.92. The molecule has 0 amide bonds. The quantitative estimate of drug-likeness (QED) is 0.943. The average molecular weight is 295 g/mol. The first-order chi connectivity index (χ1) is 9.46. The van der Waals surface area contributed by atoms with E-state index in [1.807, 2.05) is 0 Å². The van der Waals surface area contributed by atoms with Crippen LogP contribution < -0.4 is 4.31 Å². The highest BCUT2D eigenvalue weighted by atomic mass is 32.2. The zero-order valence-electron chi connectivity index (χ0n) is 10.8. The first-order valence-corrected chi connectivity index (χ1v) is 7.47. The van der Waals surface area contributed by atoms with E-state index in [2.05, 4.69) is 0 Å². The maximum atomic E-state index is 13.7. The Bertz CT molecular complexity index is 716. The summed E-state index contributed by atoms with van der Waals surface area (Å²) in [6.45, 7) is 1.77. The molecule has 6 heteroatoms. The Morgan fingerprint density at radius 2 is 1.85 bits per heavy atom. The van der Waals surface area contributed by atoms with E-state index in [1.54, 1.807) is 13.0 Å². The van der Waals surface area contributed by atoms with Gasteiger partial charge < -0.3 is 5.11 Å². The van der Waals surface area contributed by atoms with E-state index >= 15 is 0 Å². The SMILES string of the molecule is CCN(c1cccc(O)c1)S(=O)(=O)c1ccccc1F. The van der Waals surface area contributed by atoms with Crippen molar-refractivity contribution in [1.82, 2.24) is 0 Å². The molecule has 0 aromatic heterocycles. The van der Waals surface area contributed by atoms with Gasteiger partial charge in [-0.1, -0.05) is 18.2 Å². The Hall–Kier alpha value is -2.08. The summed E-state index contributed by atoms with van der Waals surface area (Å²) in [5.74, 6) is -0.851. The van der Waals surface area contributed by atoms with Crippen molar-refractivity contribution in [1.29, 1.82) is 0 Å². The highest BCUT2D eigenvalue weighted by Gasteiger charge is 2.26. The molecular formula is C14H14FNO3S. The zero-order chi connectivity index (χ0) is 14.8. The van der Waals surface area contributed by atoms with Gasteiger partial charge in [-0.25, -0.2) is 12.8 Å². The van der Waals surface area contributed by atoms with Gasteiger partial charge in [0.2, 0.25) is 0 Å². The van der Waals surface area contributed by atoms with Gasteiger partial charge in [-0.2, -0.15) is 0 Å². The van der Waals surface area contributed by atoms with Crippen LogP contribution in [0.1, 0.15) is 6.92 Å². The van der Waals surface area contributed by atoms with Crippen LogP contribution in [-0.4, -0.2) is 20.1 Å². The summed E-state index contributed by atoms with van der Waals surface area (Å²) in [4.78, 5) is -0.384. The van der Waals surface area contributed by atoms with Crippen LogP contribution in [0.4, 0.5) is 10.1 Å². The van der Waals surface area contributed by atoms with E-state index in [-0.39, 0.29) is 22.9 Å². The largest absolute Gasteiger partial charge is 0.508 e. The highest BCUT2D eigenvalue weighted by Crippen LogP contribution is 2.27. The molecule has 0 unspecified atom stereocenters. The Balaban J connectivity index is 2.54. The predicted molar refractivity (Wildman–Crippen MR) is 74.7 cm³/mol. The number of sulfonamides is 1. The molecular weight excluding hydrogens is 281 g/mol. The number of hydrogen-bond donors (Lipinski definition) is 1. The molecule has 4 nitrogen and oxygen atoms in total. The molecule has 0 radical (unpaired) electrons. The molecule has 0 aliphatic carbocycles. The summed E-state index contributed by atoms with van der Waals surface area (Å²) >= 11 is 0. The Kier molecular flexibility index (Phi) is 3.94. The van der Waals surface area contributed by atoms with Crippen molar-refractivity contribution in [3.05, 3.63) is 54.3 Å². The molecule has 2 rings (SSSR count). The summed E-state index contributed by atoms with van der Waals surface area (Å²) in [6, 6.07) is 11.0. The standard InChI is InChI=1S/C14H14FNO3S/c1-2-16(11-6-5-7-12(17)10-11)20(18,19)14-9-4-3-8-13(14)15/h3-10,17H,2H2,1H3. The summed E-state index contributed by atoms with van der Waals surface area (Å²) < 4.78 is 39.8. The third-order valence-electron chi connectivity index (χ3n) is 2.81. The Morgan fingerprint density at radius 3 is 2.45 bits per heavy atom. The van der Waals surface area contributed by atoms with Crippen LogP contribution in [0, 0.1) is 5.82 Å². The fraction of sp³-hybridized carbons (Fsp3) is 0.143. The number of benzene rings is 2. The van der Waals surface area contributed by atoms with Crippen LogP contribution in [0.3, 0.4) is 0 Å². The molecule has 20 heavy (non-hydrogen) atoms. The second kappa shape index (κ2) is 5.50. The number of anilines is 1. The predicted octanol–water partition coefficient (Wildman–Crippen LogP) is 2.75. The lowest BCUT2D eigenvalue weighted by Crippen LogP contribution is -2.31. The van der Waals surface area contributed by atoms with E-state index in [4.69, 9.17) is 0 Å². The van der Waals surface area contributed by atoms with E-state index in [0.29, 0.717) is 0 Å². The molecule has 0 saturated heterocycles. The second-order valence-electron chi connectivity index (χ2n) is 4.12. The van der Waals surface area contributed by atoms with Gasteiger partial charge in [-0.3, -0.25) is 4.31 Å². The van der Waals surface area contributed by atoms with Gasteiger partial charge in [0.1, 0.15) is 16.5 Å². The topological polar surface area (TPSA) is 57.6 Å². The Morgan fingerprint density at radius 1 is 1.15 bits per heavy atom. The van der Waals surface area contributed by atoms with Crippen LogP contribution in [0.5, 0.6) is 5.75 Å². The fourth-order valence-electron chi connectivity index (χ4n) is 1.91. The normalized spacial score (nSPS) is 11.3. The van der Waals surface area contributed by atoms with Gasteiger partial charge in [-0.05, 0) is 31.2 Å². The zero-order valence-corrected chi connectivity index (χ0v) is 11.6. The van der Waals surface area contributed by atoms with E-state index in [9.17, 15) is 17.9 Å². The summed E-state index contributed by atoms with van der Waals surface area (Å²) in [5, 5.41) is 9.45. The minimum absolute atomic E-state index is 0.0512. The van der Waals surface area contributed by atoms with Crippen molar-refractivity contribution in [3.8, 4) is 5.75 Å². The van der Waals surface area contributed by atoms with Crippen molar-refractivity contribution in [2.45, 2.75) is 11.8 Å². The van der Waals surface area contributed by atoms with Crippen LogP contribution in [0.15, 0.2) is 53.4 Å². The lowest BCUT2D eigenvalue weighted by atomic mass is 10.3. The molecule has 0 saturated carbocycles. The molecule has 0 aliphatic heterocycles. The number of halogens is 1. The fourth-order valence-corrected chi connectivity index (χ4v) is 3.45. The van der Waals surface area contributed by atoms with Gasteiger partial charge in [-0.15, -0.1) is 0 Å². The van der Waals surface area contributed by atoms with Gasteiger partial charge in [0.15, 0.2) is 0 Å². The maximum Gasteiger partial charge on any atom is 0.267 e. The monoisotopic (exact) mass is 295 g/mol. The Labute approximate surface area is 117 Å². The molecule has 0 fully saturated rings. The number of rotatable bonds is 4. The third-order valence-corrected chi connectivity index (χ3v) is 4.75. The van der Waals surface area contributed by atoms with Crippen LogP contribution in [-0.2, 0) is 10.0 Å². The molecule has 0 spiro atoms. The van der Waals surface area contributed by atoms with Crippen molar-refractivity contribution in [3.63, 3.8) is 0 Å². The number of aromatic hydroxyl groups is 1. The number of hydrogen-bond acceptors (Lipinski definition) is 3. The van der Waals surface area contributed by atoms with Crippen LogP contribution in [0.25, 0.3) is 0 Å². The molecule has 2 aromatic carbocycles. The molecule has 1 N–H and O–H groups in total. The van der Waals surface area contributed by atoms with Gasteiger partial charge in [0.05, 0.1) is 5.69 Å². The lowest BCUT2D eigenvalue weighted by molar-refractivity contribution is 0.475. The van der Waals surface area contributed by atoms with E-state index in [0.717, 1.165) is 10.4 Å². The second-order valence-corrected chi connectivity index (χ2v) is 5.95. The molecule has 2 aromatic rings. The minimum atomic E-state index is -4.00. The summed E-state index contributed by atoms with van der Waals surface area (Å²) in [7, 11) is -4.00. The van der Waals surface area contributed by atoms with E-state index in [1.165, 1.54) is 36.4 Å². The van der Waals surface area contributed by atoms with Gasteiger partial charge in [0, 0.05) is 12.6 Å². The molecule has 106 valence electrons. The lowest BCUT2D eigenvalue weighted by Gasteiger charge is -2.23. The van der Waals surface area contributed by atoms with Crippen LogP contribution in [0.2, 0.25) is 0 Å². The van der Waals surface area contributed by atoms with E-state index < -0.39 is 15.8 Å². The third kappa shape index (κ3) is 2.60. The first-order valence-electron chi connectivity index (χ1n) is 6.03. The summed E-state index contributed by atoms with van der Waals surface area (Å²) in [5.41, 5.74) is 0.288. The van der Waals surface area contributed by atoms with Crippen molar-refractivity contribution in [2.24, 2.45) is 0 Å². The van der Waals surface area contributed by atoms with Gasteiger partial charge >= 0.3 is 0 Å². The number of phenols is 1. The summed E-state index contributed by atoms with van der Waals surface area (Å²) in [6.07, 6.45) is 0. The average Bonchev–Trinajstić information content (AvgIpc) is 2.39.